The Morgan fingerprint density at radius 3 is 2.26 bits per heavy atom. The van der Waals surface area contributed by atoms with Crippen LogP contribution in [0.3, 0.4) is 0 Å². The Labute approximate surface area is 304 Å². The number of thioether (sulfide) groups is 1. The first-order valence-corrected chi connectivity index (χ1v) is 17.8. The standard InChI is InChI=1S/C39H28BrFN4O3S2/c40-29-14-7-9-25(21-29)22-33(43-36(46)28-12-5-2-6-13-28)37(47)42-31-15-8-16-32(23-31)50-35(27-10-3-1-4-11-27)38(48)45-39-44-34(24-49-39)26-17-19-30(41)20-18-26/h1-24,35H,(H,42,47)(H,43,46)(H,44,45,48)/b33-22+. The van der Waals surface area contributed by atoms with Crippen LogP contribution < -0.4 is 16.0 Å². The topological polar surface area (TPSA) is 100 Å². The van der Waals surface area contributed by atoms with Crippen molar-refractivity contribution in [3.8, 4) is 11.3 Å². The molecule has 5 aromatic carbocycles. The maximum atomic E-state index is 13.7. The molecule has 0 fully saturated rings. The van der Waals surface area contributed by atoms with E-state index >= 15 is 0 Å². The van der Waals surface area contributed by atoms with Crippen molar-refractivity contribution in [2.24, 2.45) is 0 Å². The van der Waals surface area contributed by atoms with Gasteiger partial charge in [0.2, 0.25) is 5.91 Å². The minimum absolute atomic E-state index is 0.0556. The summed E-state index contributed by atoms with van der Waals surface area (Å²) in [6, 6.07) is 38.6. The molecule has 1 heterocycles. The van der Waals surface area contributed by atoms with Crippen molar-refractivity contribution in [3.05, 3.63) is 172 Å². The number of hydrogen-bond acceptors (Lipinski definition) is 6. The van der Waals surface area contributed by atoms with Crippen molar-refractivity contribution < 1.29 is 18.8 Å². The molecular weight excluding hydrogens is 735 g/mol. The molecule has 6 rings (SSSR count). The number of aromatic nitrogens is 1. The first-order valence-electron chi connectivity index (χ1n) is 15.3. The van der Waals surface area contributed by atoms with Crippen LogP contribution in [0.5, 0.6) is 0 Å². The van der Waals surface area contributed by atoms with Crippen LogP contribution in [0.1, 0.15) is 26.7 Å². The molecule has 1 atom stereocenters. The summed E-state index contributed by atoms with van der Waals surface area (Å²) in [4.78, 5) is 45.7. The summed E-state index contributed by atoms with van der Waals surface area (Å²) < 4.78 is 14.2. The van der Waals surface area contributed by atoms with Gasteiger partial charge < -0.3 is 16.0 Å². The van der Waals surface area contributed by atoms with E-state index in [2.05, 4.69) is 36.9 Å². The molecule has 3 amide bonds. The Morgan fingerprint density at radius 2 is 1.52 bits per heavy atom. The highest BCUT2D eigenvalue weighted by Crippen LogP contribution is 2.38. The lowest BCUT2D eigenvalue weighted by molar-refractivity contribution is -0.116. The van der Waals surface area contributed by atoms with Crippen LogP contribution in [0.4, 0.5) is 15.2 Å². The summed E-state index contributed by atoms with van der Waals surface area (Å²) in [5.41, 5.74) is 3.81. The number of nitrogens with zero attached hydrogens (tertiary/aromatic N) is 1. The average Bonchev–Trinajstić information content (AvgIpc) is 3.59. The van der Waals surface area contributed by atoms with Crippen molar-refractivity contribution in [1.29, 1.82) is 0 Å². The van der Waals surface area contributed by atoms with Crippen LogP contribution in [0.15, 0.2) is 154 Å². The Kier molecular flexibility index (Phi) is 11.3. The zero-order valence-corrected chi connectivity index (χ0v) is 29.4. The molecule has 0 saturated carbocycles. The van der Waals surface area contributed by atoms with E-state index in [4.69, 9.17) is 0 Å². The smallest absolute Gasteiger partial charge is 0.272 e. The van der Waals surface area contributed by atoms with E-state index in [9.17, 15) is 18.8 Å². The van der Waals surface area contributed by atoms with Gasteiger partial charge in [-0.1, -0.05) is 82.7 Å². The fraction of sp³-hybridized carbons (Fsp3) is 0.0256. The highest BCUT2D eigenvalue weighted by atomic mass is 79.9. The number of rotatable bonds is 11. The van der Waals surface area contributed by atoms with E-state index in [0.29, 0.717) is 27.6 Å². The monoisotopic (exact) mass is 762 g/mol. The molecule has 1 unspecified atom stereocenters. The van der Waals surface area contributed by atoms with Crippen LogP contribution in [0, 0.1) is 5.82 Å². The number of benzene rings is 5. The predicted molar refractivity (Wildman–Crippen MR) is 202 cm³/mol. The third-order valence-electron chi connectivity index (χ3n) is 7.25. The van der Waals surface area contributed by atoms with Gasteiger partial charge in [0.25, 0.3) is 11.8 Å². The summed E-state index contributed by atoms with van der Waals surface area (Å²) >= 11 is 6.05. The minimum Gasteiger partial charge on any atom is -0.321 e. The Balaban J connectivity index is 1.21. The van der Waals surface area contributed by atoms with Gasteiger partial charge in [-0.25, -0.2) is 9.37 Å². The van der Waals surface area contributed by atoms with E-state index < -0.39 is 17.1 Å². The van der Waals surface area contributed by atoms with Gasteiger partial charge in [0.15, 0.2) is 5.13 Å². The first-order chi connectivity index (χ1) is 24.3. The summed E-state index contributed by atoms with van der Waals surface area (Å²) in [7, 11) is 0. The van der Waals surface area contributed by atoms with Crippen molar-refractivity contribution in [3.63, 3.8) is 0 Å². The van der Waals surface area contributed by atoms with Gasteiger partial charge in [0.05, 0.1) is 5.69 Å². The molecule has 0 aliphatic carbocycles. The van der Waals surface area contributed by atoms with E-state index in [0.717, 1.165) is 20.5 Å². The molecule has 7 nitrogen and oxygen atoms in total. The molecule has 248 valence electrons. The molecule has 6 aromatic rings. The summed E-state index contributed by atoms with van der Waals surface area (Å²) in [6.07, 6.45) is 1.61. The van der Waals surface area contributed by atoms with Gasteiger partial charge in [-0.3, -0.25) is 14.4 Å². The molecule has 1 aromatic heterocycles. The van der Waals surface area contributed by atoms with Crippen molar-refractivity contribution in [2.45, 2.75) is 10.1 Å². The second kappa shape index (κ2) is 16.4. The van der Waals surface area contributed by atoms with Crippen LogP contribution in [0.25, 0.3) is 17.3 Å². The van der Waals surface area contributed by atoms with Gasteiger partial charge in [-0.2, -0.15) is 0 Å². The van der Waals surface area contributed by atoms with Gasteiger partial charge in [-0.05, 0) is 83.9 Å². The fourth-order valence-corrected chi connectivity index (χ4v) is 7.07. The van der Waals surface area contributed by atoms with Gasteiger partial charge in [0, 0.05) is 31.6 Å². The zero-order chi connectivity index (χ0) is 34.9. The SMILES string of the molecule is O=C(Nc1cccc(SC(C(=O)Nc2nc(-c3ccc(F)cc3)cs2)c2ccccc2)c1)/C(=C\c1cccc(Br)c1)NC(=O)c1ccccc1. The lowest BCUT2D eigenvalue weighted by Crippen LogP contribution is -2.30. The maximum Gasteiger partial charge on any atom is 0.272 e. The summed E-state index contributed by atoms with van der Waals surface area (Å²) in [5, 5.41) is 10.2. The normalized spacial score (nSPS) is 11.8. The summed E-state index contributed by atoms with van der Waals surface area (Å²) in [5.74, 6) is -1.56. The van der Waals surface area contributed by atoms with Gasteiger partial charge in [-0.15, -0.1) is 23.1 Å². The average molecular weight is 764 g/mol. The number of hydrogen-bond donors (Lipinski definition) is 3. The first kappa shape index (κ1) is 34.5. The number of amides is 3. The lowest BCUT2D eigenvalue weighted by Gasteiger charge is -2.17. The van der Waals surface area contributed by atoms with Crippen LogP contribution >= 0.6 is 39.0 Å². The van der Waals surface area contributed by atoms with Gasteiger partial charge in [0.1, 0.15) is 16.8 Å². The third-order valence-corrected chi connectivity index (χ3v) is 9.75. The van der Waals surface area contributed by atoms with Crippen LogP contribution in [0.2, 0.25) is 0 Å². The quantitative estimate of drug-likeness (QED) is 0.0902. The van der Waals surface area contributed by atoms with Crippen molar-refractivity contribution in [1.82, 2.24) is 10.3 Å². The van der Waals surface area contributed by atoms with Gasteiger partial charge >= 0.3 is 0 Å². The van der Waals surface area contributed by atoms with Crippen LogP contribution in [-0.4, -0.2) is 22.7 Å². The number of carbonyl (C=O) groups is 3. The second-order valence-electron chi connectivity index (χ2n) is 10.9. The molecule has 11 heteroatoms. The molecule has 50 heavy (non-hydrogen) atoms. The number of carbonyl (C=O) groups excluding carboxylic acids is 3. The number of nitrogens with one attached hydrogen (secondary N) is 3. The Morgan fingerprint density at radius 1 is 0.800 bits per heavy atom. The van der Waals surface area contributed by atoms with E-state index in [1.165, 1.54) is 35.2 Å². The number of thiazole rings is 1. The lowest BCUT2D eigenvalue weighted by atomic mass is 10.1. The minimum atomic E-state index is -0.655. The molecule has 3 N–H and O–H groups in total. The fourth-order valence-electron chi connectivity index (χ4n) is 4.84. The molecule has 0 aliphatic heterocycles. The largest absolute Gasteiger partial charge is 0.321 e. The molecule has 0 spiro atoms. The van der Waals surface area contributed by atoms with Crippen molar-refractivity contribution >= 4 is 73.6 Å². The van der Waals surface area contributed by atoms with Crippen LogP contribution in [-0.2, 0) is 9.59 Å². The molecule has 0 aliphatic rings. The highest BCUT2D eigenvalue weighted by Gasteiger charge is 2.24. The molecule has 0 radical (unpaired) electrons. The Bertz CT molecular complexity index is 2160. The highest BCUT2D eigenvalue weighted by molar-refractivity contribution is 9.10. The molecule has 0 bridgehead atoms. The third kappa shape index (κ3) is 9.20. The zero-order valence-electron chi connectivity index (χ0n) is 26.2. The maximum absolute atomic E-state index is 13.7. The van der Waals surface area contributed by atoms with Crippen molar-refractivity contribution in [2.75, 3.05) is 10.6 Å². The Hall–Kier alpha value is -5.36. The summed E-state index contributed by atoms with van der Waals surface area (Å²) in [6.45, 7) is 0. The van der Waals surface area contributed by atoms with E-state index in [1.807, 2.05) is 66.7 Å². The predicted octanol–water partition coefficient (Wildman–Crippen LogP) is 9.59. The second-order valence-corrected chi connectivity index (χ2v) is 13.8. The number of halogens is 2. The molecular formula is C39H28BrFN4O3S2. The van der Waals surface area contributed by atoms with E-state index in [-0.39, 0.29) is 17.4 Å². The van der Waals surface area contributed by atoms with E-state index in [1.54, 1.807) is 66.1 Å². The molecule has 0 saturated heterocycles. The number of anilines is 2.